The quantitative estimate of drug-likeness (QED) is 0.0154. The van der Waals surface area contributed by atoms with E-state index < -0.39 is 205 Å². The number of anilines is 1. The number of carbonyl (C=O) groups excluding carboxylic acids is 13. The summed E-state index contributed by atoms with van der Waals surface area (Å²) < 4.78 is 29.1. The van der Waals surface area contributed by atoms with Gasteiger partial charge in [-0.05, 0) is 50.3 Å². The Balaban J connectivity index is 1.03. The number of phenolic OH excluding ortho intramolecular Hbond substituents is 2. The van der Waals surface area contributed by atoms with Crippen molar-refractivity contribution in [2.45, 2.75) is 141 Å². The summed E-state index contributed by atoms with van der Waals surface area (Å²) >= 11 is 0.753. The maximum Gasteiger partial charge on any atom is 0.407 e. The number of carboxylic acids is 1. The van der Waals surface area contributed by atoms with Gasteiger partial charge in [0.15, 0.2) is 24.5 Å². The second kappa shape index (κ2) is 34.7. The highest BCUT2D eigenvalue weighted by Gasteiger charge is 2.51. The van der Waals surface area contributed by atoms with E-state index in [2.05, 4.69) is 42.5 Å². The summed E-state index contributed by atoms with van der Waals surface area (Å²) in [7, 11) is 1.25. The number of Topliss-reactive ketones (excluding diaryl/α,β-unsaturated/α-hetero) is 1. The van der Waals surface area contributed by atoms with Crippen LogP contribution in [0.1, 0.15) is 128 Å². The number of nitrogens with zero attached hydrogens (tertiary/aromatic N) is 1. The molecular formula is C65H80N10O25S. The first-order valence-electron chi connectivity index (χ1n) is 31.8. The summed E-state index contributed by atoms with van der Waals surface area (Å²) in [5, 5.41) is 86.5. The van der Waals surface area contributed by atoms with Crippen LogP contribution in [0.4, 0.5) is 15.3 Å². The number of aromatic hydroxyl groups is 2. The molecule has 11 amide bonds. The van der Waals surface area contributed by atoms with Crippen LogP contribution in [0.15, 0.2) is 47.4 Å². The number of aliphatic hydroxyl groups is 3. The van der Waals surface area contributed by atoms with Gasteiger partial charge in [0, 0.05) is 112 Å². The number of hydrogen-bond donors (Lipinski definition) is 15. The molecule has 0 aromatic heterocycles. The predicted octanol–water partition coefficient (Wildman–Crippen LogP) is -1.03. The third-order valence-electron chi connectivity index (χ3n) is 16.6. The Morgan fingerprint density at radius 1 is 0.832 bits per heavy atom. The molecule has 0 spiro atoms. The SMILES string of the molecule is COc1cccc2c1C(=O)c1c(O)c3c(c(O)c1C2=O)C[C@@](O)(C(=O)CO)C[C@@H]3O[C@H]1C[C@H](NC(=O)OCc2ccc(NC(=O)[C@H](CCCNC(N)=O)NC(=O)[C@@H](NC(C)=O)C(C)C)cc2OCC(=O)NCCCNC(=O)CCN2C(=O)C=C(SC[C@H](NC(C)=O)C(=O)O)C2=O)[C@H](O)[C@H](C)O1. The first-order valence-corrected chi connectivity index (χ1v) is 32.8. The Morgan fingerprint density at radius 3 is 2.17 bits per heavy atom. The number of fused-ring (bicyclic) bond motifs is 3. The summed E-state index contributed by atoms with van der Waals surface area (Å²) in [5.74, 6) is -12.2. The smallest absolute Gasteiger partial charge is 0.407 e. The molecule has 3 aromatic rings. The number of alkyl carbamates (subject to hydrolysis) is 1. The maximum atomic E-state index is 14.2. The van der Waals surface area contributed by atoms with Gasteiger partial charge in [0.25, 0.3) is 17.7 Å². The summed E-state index contributed by atoms with van der Waals surface area (Å²) in [5.41, 5.74) is 0.489. The molecule has 36 heteroatoms. The molecular weight excluding hydrogens is 1350 g/mol. The fourth-order valence-electron chi connectivity index (χ4n) is 11.5. The lowest BCUT2D eigenvalue weighted by Crippen LogP contribution is -2.56. The zero-order valence-electron chi connectivity index (χ0n) is 55.7. The van der Waals surface area contributed by atoms with Crippen LogP contribution in [0.5, 0.6) is 23.0 Å². The molecule has 0 bridgehead atoms. The molecule has 7 rings (SSSR count). The Hall–Kier alpha value is -10.3. The third-order valence-corrected chi connectivity index (χ3v) is 17.7. The van der Waals surface area contributed by atoms with Crippen molar-refractivity contribution in [3.05, 3.63) is 86.3 Å². The van der Waals surface area contributed by atoms with Gasteiger partial charge in [-0.1, -0.05) is 26.0 Å². The lowest BCUT2D eigenvalue weighted by Gasteiger charge is -2.42. The molecule has 0 saturated carbocycles. The Labute approximate surface area is 580 Å². The minimum Gasteiger partial charge on any atom is -0.507 e. The number of primary amides is 1. The van der Waals surface area contributed by atoms with Crippen LogP contribution in [0, 0.1) is 5.92 Å². The summed E-state index contributed by atoms with van der Waals surface area (Å²) in [6.07, 6.45) is -7.88. The van der Waals surface area contributed by atoms with E-state index in [4.69, 9.17) is 29.4 Å². The van der Waals surface area contributed by atoms with Crippen molar-refractivity contribution in [2.24, 2.45) is 11.7 Å². The monoisotopic (exact) mass is 1430 g/mol. The van der Waals surface area contributed by atoms with Gasteiger partial charge in [0.05, 0.1) is 47.0 Å². The molecule has 1 saturated heterocycles. The fourth-order valence-corrected chi connectivity index (χ4v) is 12.5. The molecule has 101 heavy (non-hydrogen) atoms. The second-order valence-electron chi connectivity index (χ2n) is 24.3. The number of aliphatic hydroxyl groups excluding tert-OH is 2. The van der Waals surface area contributed by atoms with Gasteiger partial charge in [0.1, 0.15) is 66.0 Å². The van der Waals surface area contributed by atoms with E-state index in [0.29, 0.717) is 0 Å². The molecule has 1 fully saturated rings. The number of hydrogen-bond acceptors (Lipinski definition) is 25. The van der Waals surface area contributed by atoms with E-state index in [1.54, 1.807) is 13.8 Å². The molecule has 2 aliphatic heterocycles. The van der Waals surface area contributed by atoms with Gasteiger partial charge in [-0.25, -0.2) is 14.4 Å². The highest BCUT2D eigenvalue weighted by atomic mass is 32.2. The van der Waals surface area contributed by atoms with Gasteiger partial charge >= 0.3 is 18.1 Å². The number of methoxy groups -OCH3 is 1. The number of urea groups is 1. The van der Waals surface area contributed by atoms with Crippen molar-refractivity contribution in [2.75, 3.05) is 57.6 Å². The van der Waals surface area contributed by atoms with Gasteiger partial charge < -0.3 is 103 Å². The van der Waals surface area contributed by atoms with Crippen LogP contribution in [-0.4, -0.2) is 219 Å². The van der Waals surface area contributed by atoms with E-state index in [1.807, 2.05) is 0 Å². The minimum absolute atomic E-state index is 0.0128. The molecule has 546 valence electrons. The number of thioether (sulfide) groups is 1. The van der Waals surface area contributed by atoms with Crippen molar-refractivity contribution in [3.8, 4) is 23.0 Å². The first-order chi connectivity index (χ1) is 47.8. The lowest BCUT2D eigenvalue weighted by molar-refractivity contribution is -0.249. The van der Waals surface area contributed by atoms with Crippen molar-refractivity contribution in [3.63, 3.8) is 0 Å². The van der Waals surface area contributed by atoms with E-state index >= 15 is 0 Å². The normalized spacial score (nSPS) is 19.9. The zero-order chi connectivity index (χ0) is 74.3. The molecule has 2 heterocycles. The highest BCUT2D eigenvalue weighted by molar-refractivity contribution is 8.04. The third kappa shape index (κ3) is 19.6. The zero-order valence-corrected chi connectivity index (χ0v) is 56.5. The number of carboxylic acid groups (broad SMARTS) is 1. The van der Waals surface area contributed by atoms with E-state index in [1.165, 1.54) is 57.4 Å². The number of phenols is 2. The van der Waals surface area contributed by atoms with Crippen molar-refractivity contribution in [1.29, 1.82) is 0 Å². The van der Waals surface area contributed by atoms with Crippen molar-refractivity contribution < 1.29 is 121 Å². The number of ketones is 3. The van der Waals surface area contributed by atoms with Gasteiger partial charge in [-0.2, -0.15) is 0 Å². The largest absolute Gasteiger partial charge is 0.507 e. The van der Waals surface area contributed by atoms with Gasteiger partial charge in [-0.15, -0.1) is 11.8 Å². The number of carbonyl (C=O) groups is 14. The highest BCUT2D eigenvalue weighted by Crippen LogP contribution is 2.53. The summed E-state index contributed by atoms with van der Waals surface area (Å²) in [6.45, 7) is 4.27. The number of nitrogens with one attached hydrogen (secondary N) is 8. The van der Waals surface area contributed by atoms with Crippen molar-refractivity contribution in [1.82, 2.24) is 42.1 Å². The maximum absolute atomic E-state index is 14.2. The summed E-state index contributed by atoms with van der Waals surface area (Å²) in [6, 6.07) is 2.35. The molecule has 0 unspecified atom stereocenters. The average molecular weight is 1430 g/mol. The van der Waals surface area contributed by atoms with Crippen molar-refractivity contribution >= 4 is 100 Å². The first kappa shape index (κ1) is 78.1. The number of benzene rings is 3. The summed E-state index contributed by atoms with van der Waals surface area (Å²) in [4.78, 5) is 181. The average Bonchev–Trinajstić information content (AvgIpc) is 1.03. The Bertz CT molecular complexity index is 3810. The number of imide groups is 1. The van der Waals surface area contributed by atoms with Crippen LogP contribution < -0.4 is 57.7 Å². The Morgan fingerprint density at radius 2 is 1.51 bits per heavy atom. The van der Waals surface area contributed by atoms with Crippen LogP contribution in [0.2, 0.25) is 0 Å². The molecule has 4 aliphatic rings. The van der Waals surface area contributed by atoms with Gasteiger partial charge in [0.2, 0.25) is 35.3 Å². The lowest BCUT2D eigenvalue weighted by atomic mass is 9.72. The number of amides is 11. The predicted molar refractivity (Wildman–Crippen MR) is 350 cm³/mol. The van der Waals surface area contributed by atoms with E-state index in [0.717, 1.165) is 29.7 Å². The van der Waals surface area contributed by atoms with Gasteiger partial charge in [-0.3, -0.25) is 57.6 Å². The van der Waals surface area contributed by atoms with Crippen LogP contribution in [-0.2, 0) is 75.2 Å². The van der Waals surface area contributed by atoms with Crippen LogP contribution in [0.3, 0.4) is 0 Å². The van der Waals surface area contributed by atoms with E-state index in [9.17, 15) is 97.8 Å². The molecule has 16 N–H and O–H groups in total. The Kier molecular flexibility index (Phi) is 26.8. The van der Waals surface area contributed by atoms with Crippen LogP contribution >= 0.6 is 11.8 Å². The standard InChI is InChI=1S/C65H80N10O25S/c1-29(2)53(71-32(5)78)60(89)73-37(11-8-16-69-63(66)93)59(88)72-34-14-13-33(41(20-34)97-27-46(81)68-18-9-17-67-45(80)15-19-75-47(82)22-43(61(75)90)101-28-39(62(91)92)70-31(4)77)26-98-64(94)74-38-21-48(99-30(3)54(38)83)100-42-24-65(95,44(79)25-76)23-36-50(42)58(87)52-51(56(36)85)55(84)35-10-7-12-40(96-6)49(35)57(52)86/h7,10,12-14,20,22,29-30,37-39,42,48,53-54,76,83,85,87,95H,8-9,11,15-19,21,23-28H2,1-6H3,(H,67,80)(H,68,81)(H,70,77)(H,71,78)(H,72,88)(H,73,89)(H,74,94)(H,91,92)(H3,66,69,93)/t30-,37-,38-,39-,42-,48-,53-,54+,65-/m0/s1. The molecule has 35 nitrogen and oxygen atoms in total. The fraction of sp³-hybridized carbons (Fsp3) is 0.477. The second-order valence-corrected chi connectivity index (χ2v) is 25.4. The minimum atomic E-state index is -2.50. The molecule has 3 aromatic carbocycles. The van der Waals surface area contributed by atoms with E-state index in [-0.39, 0.29) is 108 Å². The molecule has 9 atom stereocenters. The number of rotatable bonds is 33. The number of nitrogens with two attached hydrogens (primary N) is 1. The topological polar surface area (TPSA) is 532 Å². The van der Waals surface area contributed by atoms with Crippen LogP contribution in [0.25, 0.3) is 0 Å². The number of aliphatic carboxylic acids is 1. The molecule has 0 radical (unpaired) electrons. The number of ether oxygens (including phenoxy) is 5. The molecule has 2 aliphatic carbocycles.